The van der Waals surface area contributed by atoms with E-state index < -0.39 is 0 Å². The van der Waals surface area contributed by atoms with Crippen molar-refractivity contribution >= 4 is 24.2 Å². The van der Waals surface area contributed by atoms with Crippen molar-refractivity contribution < 1.29 is 0 Å². The van der Waals surface area contributed by atoms with Gasteiger partial charge in [0.05, 0.1) is 0 Å². The topological polar surface area (TPSA) is 3.24 Å². The highest BCUT2D eigenvalue weighted by molar-refractivity contribution is 7.80. The SMILES string of the molecule is C=C(CCCCC(C)(C)Cl)N(C)CCCS. The van der Waals surface area contributed by atoms with Gasteiger partial charge in [-0.1, -0.05) is 13.0 Å². The molecule has 0 radical (unpaired) electrons. The molecular weight excluding hydrogens is 238 g/mol. The Morgan fingerprint density at radius 3 is 2.44 bits per heavy atom. The summed E-state index contributed by atoms with van der Waals surface area (Å²) in [6.07, 6.45) is 5.63. The minimum absolute atomic E-state index is 0.0563. The molecule has 0 aromatic carbocycles. The van der Waals surface area contributed by atoms with Crippen molar-refractivity contribution in [2.24, 2.45) is 0 Å². The quantitative estimate of drug-likeness (QED) is 0.368. The molecular formula is C13H26ClNS. The van der Waals surface area contributed by atoms with Gasteiger partial charge in [0.2, 0.25) is 0 Å². The third-order valence-electron chi connectivity index (χ3n) is 2.68. The minimum Gasteiger partial charge on any atom is -0.378 e. The molecule has 1 nitrogen and oxygen atoms in total. The Hall–Kier alpha value is 0.180. The summed E-state index contributed by atoms with van der Waals surface area (Å²) >= 11 is 10.3. The number of hydrogen-bond donors (Lipinski definition) is 1. The third kappa shape index (κ3) is 9.41. The van der Waals surface area contributed by atoms with Gasteiger partial charge in [0, 0.05) is 24.2 Å². The summed E-state index contributed by atoms with van der Waals surface area (Å²) < 4.78 is 0. The van der Waals surface area contributed by atoms with Gasteiger partial charge in [-0.3, -0.25) is 0 Å². The van der Waals surface area contributed by atoms with E-state index in [4.69, 9.17) is 11.6 Å². The van der Waals surface area contributed by atoms with E-state index in [1.165, 1.54) is 18.5 Å². The van der Waals surface area contributed by atoms with Crippen molar-refractivity contribution in [1.29, 1.82) is 0 Å². The molecule has 16 heavy (non-hydrogen) atoms. The van der Waals surface area contributed by atoms with Crippen LogP contribution in [0.2, 0.25) is 0 Å². The Kier molecular flexibility index (Phi) is 8.39. The minimum atomic E-state index is -0.0563. The molecule has 0 aliphatic heterocycles. The molecule has 0 spiro atoms. The van der Waals surface area contributed by atoms with Crippen LogP contribution in [0.15, 0.2) is 12.3 Å². The van der Waals surface area contributed by atoms with Crippen LogP contribution >= 0.6 is 24.2 Å². The number of unbranched alkanes of at least 4 members (excludes halogenated alkanes) is 1. The fraction of sp³-hybridized carbons (Fsp3) is 0.846. The summed E-state index contributed by atoms with van der Waals surface area (Å²) in [7, 11) is 2.11. The number of halogens is 1. The lowest BCUT2D eigenvalue weighted by atomic mass is 10.0. The van der Waals surface area contributed by atoms with Crippen LogP contribution in [0.25, 0.3) is 0 Å². The van der Waals surface area contributed by atoms with Gasteiger partial charge < -0.3 is 4.90 Å². The van der Waals surface area contributed by atoms with Crippen molar-refractivity contribution in [3.8, 4) is 0 Å². The smallest absolute Gasteiger partial charge is 0.0390 e. The van der Waals surface area contributed by atoms with Gasteiger partial charge in [-0.25, -0.2) is 0 Å². The second-order valence-electron chi connectivity index (χ2n) is 4.99. The lowest BCUT2D eigenvalue weighted by Crippen LogP contribution is -2.19. The highest BCUT2D eigenvalue weighted by Gasteiger charge is 2.12. The second-order valence-corrected chi connectivity index (χ2v) is 6.46. The molecule has 0 rings (SSSR count). The Bertz CT molecular complexity index is 199. The van der Waals surface area contributed by atoms with Crippen molar-refractivity contribution in [2.75, 3.05) is 19.3 Å². The molecule has 0 aliphatic rings. The zero-order valence-electron chi connectivity index (χ0n) is 10.9. The molecule has 0 saturated carbocycles. The van der Waals surface area contributed by atoms with E-state index in [9.17, 15) is 0 Å². The van der Waals surface area contributed by atoms with Crippen molar-refractivity contribution in [3.05, 3.63) is 12.3 Å². The van der Waals surface area contributed by atoms with Crippen LogP contribution < -0.4 is 0 Å². The fourth-order valence-electron chi connectivity index (χ4n) is 1.53. The standard InChI is InChI=1S/C13H26ClNS/c1-12(15(4)10-7-11-16)8-5-6-9-13(2,3)14/h16H,1,5-11H2,2-4H3. The second kappa shape index (κ2) is 8.30. The lowest BCUT2D eigenvalue weighted by Gasteiger charge is -2.22. The molecule has 0 aromatic rings. The van der Waals surface area contributed by atoms with Crippen LogP contribution in [0.1, 0.15) is 46.0 Å². The summed E-state index contributed by atoms with van der Waals surface area (Å²) in [6.45, 7) is 9.31. The Labute approximate surface area is 112 Å². The first-order chi connectivity index (χ1) is 7.37. The van der Waals surface area contributed by atoms with Crippen LogP contribution in [-0.4, -0.2) is 29.1 Å². The van der Waals surface area contributed by atoms with Gasteiger partial charge in [0.25, 0.3) is 0 Å². The van der Waals surface area contributed by atoms with Crippen LogP contribution in [-0.2, 0) is 0 Å². The predicted octanol–water partition coefficient (Wildman–Crippen LogP) is 4.33. The highest BCUT2D eigenvalue weighted by Crippen LogP contribution is 2.22. The van der Waals surface area contributed by atoms with Crippen molar-refractivity contribution in [3.63, 3.8) is 0 Å². The molecule has 0 saturated heterocycles. The molecule has 3 heteroatoms. The van der Waals surface area contributed by atoms with E-state index in [0.717, 1.165) is 31.6 Å². The van der Waals surface area contributed by atoms with Gasteiger partial charge >= 0.3 is 0 Å². The summed E-state index contributed by atoms with van der Waals surface area (Å²) in [5.74, 6) is 0.943. The van der Waals surface area contributed by atoms with Gasteiger partial charge in [0.1, 0.15) is 0 Å². The highest BCUT2D eigenvalue weighted by atomic mass is 35.5. The molecule has 0 aromatic heterocycles. The van der Waals surface area contributed by atoms with Crippen LogP contribution in [0.5, 0.6) is 0 Å². The number of thiol groups is 1. The average molecular weight is 264 g/mol. The maximum Gasteiger partial charge on any atom is 0.0390 e. The maximum absolute atomic E-state index is 6.14. The number of rotatable bonds is 9. The summed E-state index contributed by atoms with van der Waals surface area (Å²) in [4.78, 5) is 2.18. The number of hydrogen-bond acceptors (Lipinski definition) is 2. The van der Waals surface area contributed by atoms with Gasteiger partial charge in [0.15, 0.2) is 0 Å². The molecule has 0 amide bonds. The van der Waals surface area contributed by atoms with E-state index in [2.05, 4.69) is 45.0 Å². The Morgan fingerprint density at radius 1 is 1.31 bits per heavy atom. The lowest BCUT2D eigenvalue weighted by molar-refractivity contribution is 0.396. The van der Waals surface area contributed by atoms with Crippen molar-refractivity contribution in [2.45, 2.75) is 50.8 Å². The largest absolute Gasteiger partial charge is 0.378 e. The fourth-order valence-corrected chi connectivity index (χ4v) is 1.81. The molecule has 0 bridgehead atoms. The molecule has 0 atom stereocenters. The van der Waals surface area contributed by atoms with E-state index in [0.29, 0.717) is 0 Å². The molecule has 96 valence electrons. The summed E-state index contributed by atoms with van der Waals surface area (Å²) in [5, 5.41) is 0. The molecule has 0 aliphatic carbocycles. The van der Waals surface area contributed by atoms with Crippen LogP contribution in [0.3, 0.4) is 0 Å². The first kappa shape index (κ1) is 16.2. The van der Waals surface area contributed by atoms with Crippen LogP contribution in [0, 0.1) is 0 Å². The number of nitrogens with zero attached hydrogens (tertiary/aromatic N) is 1. The first-order valence-corrected chi connectivity index (χ1v) is 7.06. The normalized spacial score (nSPS) is 11.6. The Balaban J connectivity index is 3.57. The van der Waals surface area contributed by atoms with E-state index in [1.807, 2.05) is 0 Å². The number of allylic oxidation sites excluding steroid dienone is 1. The van der Waals surface area contributed by atoms with Crippen LogP contribution in [0.4, 0.5) is 0 Å². The van der Waals surface area contributed by atoms with E-state index in [-0.39, 0.29) is 4.87 Å². The molecule has 0 unspecified atom stereocenters. The summed E-state index contributed by atoms with van der Waals surface area (Å²) in [5.41, 5.74) is 1.23. The third-order valence-corrected chi connectivity index (χ3v) is 3.18. The van der Waals surface area contributed by atoms with E-state index >= 15 is 0 Å². The monoisotopic (exact) mass is 263 g/mol. The van der Waals surface area contributed by atoms with Gasteiger partial charge in [-0.15, -0.1) is 11.6 Å². The number of alkyl halides is 1. The van der Waals surface area contributed by atoms with Gasteiger partial charge in [-0.05, 0) is 45.3 Å². The predicted molar refractivity (Wildman–Crippen MR) is 78.6 cm³/mol. The first-order valence-electron chi connectivity index (χ1n) is 6.05. The van der Waals surface area contributed by atoms with Crippen molar-refractivity contribution in [1.82, 2.24) is 4.90 Å². The van der Waals surface area contributed by atoms with Gasteiger partial charge in [-0.2, -0.15) is 12.6 Å². The van der Waals surface area contributed by atoms with E-state index in [1.54, 1.807) is 0 Å². The zero-order chi connectivity index (χ0) is 12.6. The molecule has 0 heterocycles. The summed E-state index contributed by atoms with van der Waals surface area (Å²) in [6, 6.07) is 0. The molecule has 0 N–H and O–H groups in total. The Morgan fingerprint density at radius 2 is 1.94 bits per heavy atom. The maximum atomic E-state index is 6.14. The zero-order valence-corrected chi connectivity index (χ0v) is 12.6. The molecule has 0 fully saturated rings. The average Bonchev–Trinajstić information content (AvgIpc) is 2.19.